The molecule has 2 fully saturated rings. The molecule has 2 aliphatic heterocycles. The largest absolute Gasteiger partial charge is 0.395 e. The Bertz CT molecular complexity index is 747. The molecule has 6 heteroatoms. The number of piperidine rings is 1. The Kier molecular flexibility index (Phi) is 7.31. The number of likely N-dealkylation sites (tertiary alicyclic amines) is 1. The van der Waals surface area contributed by atoms with Gasteiger partial charge in [-0.05, 0) is 44.9 Å². The molecular formula is C23H33N3O3. The molecule has 0 saturated carbocycles. The van der Waals surface area contributed by atoms with E-state index in [-0.39, 0.29) is 12.5 Å². The molecule has 0 atom stereocenters. The van der Waals surface area contributed by atoms with Gasteiger partial charge in [-0.15, -0.1) is 0 Å². The maximum absolute atomic E-state index is 12.9. The molecule has 0 spiro atoms. The molecule has 2 aliphatic rings. The molecule has 29 heavy (non-hydrogen) atoms. The van der Waals surface area contributed by atoms with Gasteiger partial charge in [-0.25, -0.2) is 0 Å². The topological polar surface area (TPSA) is 67.2 Å². The number of hydrogen-bond donors (Lipinski definition) is 2. The number of aliphatic hydroxyl groups is 2. The first-order chi connectivity index (χ1) is 13.9. The van der Waals surface area contributed by atoms with E-state index in [9.17, 15) is 9.90 Å². The van der Waals surface area contributed by atoms with Gasteiger partial charge in [0.05, 0.1) is 6.61 Å². The molecule has 1 aromatic carbocycles. The van der Waals surface area contributed by atoms with Gasteiger partial charge in [0.1, 0.15) is 5.60 Å². The van der Waals surface area contributed by atoms with E-state index in [0.29, 0.717) is 11.6 Å². The van der Waals surface area contributed by atoms with E-state index >= 15 is 0 Å². The molecule has 0 radical (unpaired) electrons. The van der Waals surface area contributed by atoms with Crippen molar-refractivity contribution in [2.75, 3.05) is 52.4 Å². The number of benzene rings is 1. The first-order valence-electron chi connectivity index (χ1n) is 10.6. The van der Waals surface area contributed by atoms with Gasteiger partial charge in [-0.2, -0.15) is 0 Å². The van der Waals surface area contributed by atoms with Crippen LogP contribution in [0.2, 0.25) is 0 Å². The lowest BCUT2D eigenvalue weighted by molar-refractivity contribution is 0.0451. The van der Waals surface area contributed by atoms with Gasteiger partial charge < -0.3 is 15.1 Å². The van der Waals surface area contributed by atoms with Crippen molar-refractivity contribution in [1.29, 1.82) is 0 Å². The van der Waals surface area contributed by atoms with Crippen molar-refractivity contribution in [2.24, 2.45) is 0 Å². The van der Waals surface area contributed by atoms with E-state index in [0.717, 1.165) is 64.2 Å². The Balaban J connectivity index is 1.53. The predicted molar refractivity (Wildman–Crippen MR) is 114 cm³/mol. The van der Waals surface area contributed by atoms with Crippen molar-refractivity contribution < 1.29 is 15.0 Å². The van der Waals surface area contributed by atoms with Crippen molar-refractivity contribution in [3.63, 3.8) is 0 Å². The van der Waals surface area contributed by atoms with Gasteiger partial charge in [-0.3, -0.25) is 14.6 Å². The van der Waals surface area contributed by atoms with Gasteiger partial charge in [-0.1, -0.05) is 17.9 Å². The van der Waals surface area contributed by atoms with Crippen LogP contribution in [0.1, 0.15) is 42.6 Å². The standard InChI is InChI=1S/C23H33N3O3/c1-23(2,29)9-6-19-4-3-5-20(18-19)22(28)26-10-7-21(8-11-26)25-14-12-24(13-15-25)16-17-27/h3-5,18,21,27,29H,7-8,10-17H2,1-2H3. The lowest BCUT2D eigenvalue weighted by Crippen LogP contribution is -2.54. The molecule has 158 valence electrons. The first kappa shape index (κ1) is 21.8. The maximum Gasteiger partial charge on any atom is 0.253 e. The van der Waals surface area contributed by atoms with E-state index in [4.69, 9.17) is 5.11 Å². The summed E-state index contributed by atoms with van der Waals surface area (Å²) in [4.78, 5) is 19.7. The van der Waals surface area contributed by atoms with Crippen LogP contribution in [0.4, 0.5) is 0 Å². The Morgan fingerprint density at radius 1 is 1.14 bits per heavy atom. The molecule has 2 N–H and O–H groups in total. The summed E-state index contributed by atoms with van der Waals surface area (Å²) in [5.74, 6) is 5.80. The van der Waals surface area contributed by atoms with Crippen LogP contribution in [0.3, 0.4) is 0 Å². The van der Waals surface area contributed by atoms with Crippen molar-refractivity contribution >= 4 is 5.91 Å². The van der Waals surface area contributed by atoms with Crippen LogP contribution >= 0.6 is 0 Å². The van der Waals surface area contributed by atoms with Gasteiger partial charge in [0, 0.05) is 63.0 Å². The number of piperazine rings is 1. The van der Waals surface area contributed by atoms with Gasteiger partial charge >= 0.3 is 0 Å². The van der Waals surface area contributed by atoms with Crippen LogP contribution in [-0.2, 0) is 0 Å². The predicted octanol–water partition coefficient (Wildman–Crippen LogP) is 1.02. The number of β-amino-alcohol motifs (C(OH)–C–C–N with tert-alkyl or cyclic N) is 1. The van der Waals surface area contributed by atoms with E-state index in [1.54, 1.807) is 13.8 Å². The fourth-order valence-electron chi connectivity index (χ4n) is 4.07. The van der Waals surface area contributed by atoms with Crippen molar-refractivity contribution in [2.45, 2.75) is 38.3 Å². The fraction of sp³-hybridized carbons (Fsp3) is 0.609. The summed E-state index contributed by atoms with van der Waals surface area (Å²) in [5.41, 5.74) is 0.350. The highest BCUT2D eigenvalue weighted by molar-refractivity contribution is 5.94. The average Bonchev–Trinajstić information content (AvgIpc) is 2.72. The summed E-state index contributed by atoms with van der Waals surface area (Å²) >= 11 is 0. The van der Waals surface area contributed by atoms with Crippen molar-refractivity contribution in [1.82, 2.24) is 14.7 Å². The molecule has 1 amide bonds. The number of aliphatic hydroxyl groups excluding tert-OH is 1. The van der Waals surface area contributed by atoms with Crippen molar-refractivity contribution in [3.05, 3.63) is 35.4 Å². The first-order valence-corrected chi connectivity index (χ1v) is 10.6. The molecule has 0 aromatic heterocycles. The van der Waals surface area contributed by atoms with Crippen LogP contribution in [0.5, 0.6) is 0 Å². The van der Waals surface area contributed by atoms with Crippen LogP contribution in [0, 0.1) is 11.8 Å². The van der Waals surface area contributed by atoms with E-state index < -0.39 is 5.60 Å². The summed E-state index contributed by atoms with van der Waals surface area (Å²) in [6, 6.07) is 7.90. The van der Waals surface area contributed by atoms with Crippen molar-refractivity contribution in [3.8, 4) is 11.8 Å². The molecule has 0 aliphatic carbocycles. The Hall–Kier alpha value is -1.91. The Morgan fingerprint density at radius 2 is 1.83 bits per heavy atom. The van der Waals surface area contributed by atoms with Crippen LogP contribution < -0.4 is 0 Å². The van der Waals surface area contributed by atoms with Crippen LogP contribution in [0.15, 0.2) is 24.3 Å². The molecule has 0 unspecified atom stereocenters. The highest BCUT2D eigenvalue weighted by atomic mass is 16.3. The lowest BCUT2D eigenvalue weighted by Gasteiger charge is -2.42. The normalized spacial score (nSPS) is 19.7. The minimum atomic E-state index is -1.05. The van der Waals surface area contributed by atoms with Gasteiger partial charge in [0.2, 0.25) is 0 Å². The SMILES string of the molecule is CC(C)(O)C#Cc1cccc(C(=O)N2CCC(N3CCN(CCO)CC3)CC2)c1. The number of amides is 1. The quantitative estimate of drug-likeness (QED) is 0.740. The monoisotopic (exact) mass is 399 g/mol. The van der Waals surface area contributed by atoms with Gasteiger partial charge in [0.25, 0.3) is 5.91 Å². The third-order valence-electron chi connectivity index (χ3n) is 5.71. The van der Waals surface area contributed by atoms with E-state index in [1.165, 1.54) is 0 Å². The van der Waals surface area contributed by atoms with E-state index in [1.807, 2.05) is 29.2 Å². The lowest BCUT2D eigenvalue weighted by atomic mass is 10.0. The summed E-state index contributed by atoms with van der Waals surface area (Å²) in [7, 11) is 0. The fourth-order valence-corrected chi connectivity index (χ4v) is 4.07. The number of carbonyl (C=O) groups is 1. The third kappa shape index (κ3) is 6.28. The Morgan fingerprint density at radius 3 is 2.45 bits per heavy atom. The zero-order valence-electron chi connectivity index (χ0n) is 17.6. The zero-order valence-corrected chi connectivity index (χ0v) is 17.6. The Labute approximate surface area is 174 Å². The minimum absolute atomic E-state index is 0.0584. The molecule has 2 heterocycles. The van der Waals surface area contributed by atoms with E-state index in [2.05, 4.69) is 21.6 Å². The third-order valence-corrected chi connectivity index (χ3v) is 5.71. The summed E-state index contributed by atoms with van der Waals surface area (Å²) in [6.07, 6.45) is 2.01. The van der Waals surface area contributed by atoms with Gasteiger partial charge in [0.15, 0.2) is 0 Å². The number of nitrogens with zero attached hydrogens (tertiary/aromatic N) is 3. The second-order valence-electron chi connectivity index (χ2n) is 8.51. The second kappa shape index (κ2) is 9.73. The number of rotatable bonds is 4. The number of carbonyl (C=O) groups excluding carboxylic acids is 1. The molecule has 2 saturated heterocycles. The molecule has 0 bridgehead atoms. The maximum atomic E-state index is 12.9. The van der Waals surface area contributed by atoms with Crippen LogP contribution in [0.25, 0.3) is 0 Å². The smallest absolute Gasteiger partial charge is 0.253 e. The minimum Gasteiger partial charge on any atom is -0.395 e. The molecule has 6 nitrogen and oxygen atoms in total. The zero-order chi connectivity index (χ0) is 20.9. The summed E-state index contributed by atoms with van der Waals surface area (Å²) in [6.45, 7) is 9.94. The average molecular weight is 400 g/mol. The summed E-state index contributed by atoms with van der Waals surface area (Å²) in [5, 5.41) is 18.8. The molecular weight excluding hydrogens is 366 g/mol. The number of hydrogen-bond acceptors (Lipinski definition) is 5. The molecule has 1 aromatic rings. The highest BCUT2D eigenvalue weighted by Gasteiger charge is 2.29. The summed E-state index contributed by atoms with van der Waals surface area (Å²) < 4.78 is 0. The van der Waals surface area contributed by atoms with Crippen LogP contribution in [-0.4, -0.2) is 94.9 Å². The highest BCUT2D eigenvalue weighted by Crippen LogP contribution is 2.20. The molecule has 3 rings (SSSR count). The second-order valence-corrected chi connectivity index (χ2v) is 8.51.